The molecule has 0 spiro atoms. The molecule has 5 nitrogen and oxygen atoms in total. The number of benzene rings is 1. The van der Waals surface area contributed by atoms with Crippen molar-refractivity contribution in [2.24, 2.45) is 0 Å². The van der Waals surface area contributed by atoms with Crippen molar-refractivity contribution in [1.82, 2.24) is 4.98 Å². The van der Waals surface area contributed by atoms with Gasteiger partial charge in [0.25, 0.3) is 5.91 Å². The maximum absolute atomic E-state index is 11.9. The van der Waals surface area contributed by atoms with E-state index in [0.29, 0.717) is 10.7 Å². The van der Waals surface area contributed by atoms with Crippen molar-refractivity contribution < 1.29 is 14.3 Å². The molecule has 0 atom stereocenters. The Labute approximate surface area is 143 Å². The number of halogens is 2. The lowest BCUT2D eigenvalue weighted by molar-refractivity contribution is -0.119. The van der Waals surface area contributed by atoms with Crippen LogP contribution in [0.25, 0.3) is 0 Å². The molecule has 0 aliphatic carbocycles. The number of ether oxygens (including phenoxy) is 1. The van der Waals surface area contributed by atoms with E-state index in [0.717, 1.165) is 11.1 Å². The topological polar surface area (TPSA) is 68.3 Å². The van der Waals surface area contributed by atoms with Crippen LogP contribution in [0, 0.1) is 13.8 Å². The van der Waals surface area contributed by atoms with Gasteiger partial charge in [0, 0.05) is 6.20 Å². The van der Waals surface area contributed by atoms with Crippen molar-refractivity contribution in [3.8, 4) is 0 Å². The normalized spacial score (nSPS) is 10.3. The van der Waals surface area contributed by atoms with Gasteiger partial charge in [-0.2, -0.15) is 0 Å². The molecule has 0 saturated carbocycles. The zero-order valence-corrected chi connectivity index (χ0v) is 14.0. The number of hydrogen-bond acceptors (Lipinski definition) is 4. The van der Waals surface area contributed by atoms with Crippen molar-refractivity contribution in [2.75, 3.05) is 11.9 Å². The SMILES string of the molecule is Cc1cc(C)c(NC(=O)COC(=O)c2cccnc2Cl)c(Cl)c1. The molecular formula is C16H14Cl2N2O3. The summed E-state index contributed by atoms with van der Waals surface area (Å²) in [5.41, 5.74) is 2.41. The van der Waals surface area contributed by atoms with Crippen LogP contribution < -0.4 is 5.32 Å². The average Bonchev–Trinajstić information content (AvgIpc) is 2.49. The first-order valence-corrected chi connectivity index (χ1v) is 7.48. The van der Waals surface area contributed by atoms with E-state index in [9.17, 15) is 9.59 Å². The number of nitrogens with one attached hydrogen (secondary N) is 1. The van der Waals surface area contributed by atoms with Gasteiger partial charge in [-0.05, 0) is 43.2 Å². The lowest BCUT2D eigenvalue weighted by atomic mass is 10.1. The van der Waals surface area contributed by atoms with E-state index in [1.54, 1.807) is 12.1 Å². The molecule has 2 rings (SSSR count). The Kier molecular flexibility index (Phi) is 5.58. The van der Waals surface area contributed by atoms with Crippen LogP contribution in [0.5, 0.6) is 0 Å². The molecule has 0 fully saturated rings. The van der Waals surface area contributed by atoms with Gasteiger partial charge in [0.2, 0.25) is 0 Å². The van der Waals surface area contributed by atoms with Crippen LogP contribution >= 0.6 is 23.2 Å². The van der Waals surface area contributed by atoms with E-state index in [4.69, 9.17) is 27.9 Å². The number of rotatable bonds is 4. The summed E-state index contributed by atoms with van der Waals surface area (Å²) in [5.74, 6) is -1.21. The fourth-order valence-corrected chi connectivity index (χ4v) is 2.56. The molecule has 0 aliphatic rings. The van der Waals surface area contributed by atoms with Gasteiger partial charge in [0.1, 0.15) is 5.15 Å². The maximum Gasteiger partial charge on any atom is 0.341 e. The molecule has 0 saturated heterocycles. The molecule has 1 heterocycles. The van der Waals surface area contributed by atoms with Crippen LogP contribution in [-0.4, -0.2) is 23.5 Å². The average molecular weight is 353 g/mol. The number of hydrogen-bond donors (Lipinski definition) is 1. The van der Waals surface area contributed by atoms with Crippen molar-refractivity contribution in [3.63, 3.8) is 0 Å². The fraction of sp³-hybridized carbons (Fsp3) is 0.188. The molecule has 1 amide bonds. The molecule has 0 radical (unpaired) electrons. The largest absolute Gasteiger partial charge is 0.452 e. The molecule has 0 bridgehead atoms. The number of carbonyl (C=O) groups is 2. The lowest BCUT2D eigenvalue weighted by Crippen LogP contribution is -2.21. The minimum atomic E-state index is -0.718. The Balaban J connectivity index is 1.99. The van der Waals surface area contributed by atoms with E-state index in [1.165, 1.54) is 12.3 Å². The van der Waals surface area contributed by atoms with E-state index >= 15 is 0 Å². The summed E-state index contributed by atoms with van der Waals surface area (Å²) in [4.78, 5) is 27.5. The van der Waals surface area contributed by atoms with Crippen LogP contribution in [-0.2, 0) is 9.53 Å². The van der Waals surface area contributed by atoms with Crippen LogP contribution in [0.15, 0.2) is 30.5 Å². The summed E-state index contributed by atoms with van der Waals surface area (Å²) < 4.78 is 4.93. The smallest absolute Gasteiger partial charge is 0.341 e. The third kappa shape index (κ3) is 4.43. The Morgan fingerprint density at radius 1 is 1.26 bits per heavy atom. The van der Waals surface area contributed by atoms with Gasteiger partial charge in [-0.25, -0.2) is 9.78 Å². The number of aromatic nitrogens is 1. The Hall–Kier alpha value is -2.11. The Morgan fingerprint density at radius 3 is 2.65 bits per heavy atom. The summed E-state index contributed by atoms with van der Waals surface area (Å²) in [6, 6.07) is 6.66. The molecule has 23 heavy (non-hydrogen) atoms. The molecule has 0 aliphatic heterocycles. The van der Waals surface area contributed by atoms with E-state index < -0.39 is 18.5 Å². The van der Waals surface area contributed by atoms with Gasteiger partial charge < -0.3 is 10.1 Å². The van der Waals surface area contributed by atoms with Crippen molar-refractivity contribution in [2.45, 2.75) is 13.8 Å². The molecule has 0 unspecified atom stereocenters. The van der Waals surface area contributed by atoms with E-state index in [-0.39, 0.29) is 10.7 Å². The van der Waals surface area contributed by atoms with Gasteiger partial charge in [-0.1, -0.05) is 29.3 Å². The second-order valence-corrected chi connectivity index (χ2v) is 5.67. The van der Waals surface area contributed by atoms with Crippen LogP contribution in [0.3, 0.4) is 0 Å². The van der Waals surface area contributed by atoms with Crippen LogP contribution in [0.2, 0.25) is 10.2 Å². The van der Waals surface area contributed by atoms with Gasteiger partial charge in [-0.3, -0.25) is 4.79 Å². The molecule has 7 heteroatoms. The third-order valence-electron chi connectivity index (χ3n) is 3.01. The number of anilines is 1. The number of nitrogens with zero attached hydrogens (tertiary/aromatic N) is 1. The number of amides is 1. The predicted molar refractivity (Wildman–Crippen MR) is 89.1 cm³/mol. The summed E-state index contributed by atoms with van der Waals surface area (Å²) >= 11 is 11.9. The highest BCUT2D eigenvalue weighted by atomic mass is 35.5. The maximum atomic E-state index is 11.9. The second-order valence-electron chi connectivity index (χ2n) is 4.90. The highest BCUT2D eigenvalue weighted by molar-refractivity contribution is 6.34. The molecular weight excluding hydrogens is 339 g/mol. The van der Waals surface area contributed by atoms with Gasteiger partial charge in [0.15, 0.2) is 6.61 Å². The Bertz CT molecular complexity index is 740. The molecule has 1 N–H and O–H groups in total. The van der Waals surface area contributed by atoms with Gasteiger partial charge in [-0.15, -0.1) is 0 Å². The molecule has 120 valence electrons. The minimum absolute atomic E-state index is 0.0235. The molecule has 2 aromatic rings. The molecule has 1 aromatic heterocycles. The number of carbonyl (C=O) groups excluding carboxylic acids is 2. The first-order chi connectivity index (χ1) is 10.9. The summed E-state index contributed by atoms with van der Waals surface area (Å²) in [6.07, 6.45) is 1.45. The third-order valence-corrected chi connectivity index (χ3v) is 3.61. The summed E-state index contributed by atoms with van der Waals surface area (Å²) in [6.45, 7) is 3.29. The summed E-state index contributed by atoms with van der Waals surface area (Å²) in [7, 11) is 0. The van der Waals surface area contributed by atoms with Crippen molar-refractivity contribution in [3.05, 3.63) is 57.3 Å². The zero-order valence-electron chi connectivity index (χ0n) is 12.5. The number of pyridine rings is 1. The van der Waals surface area contributed by atoms with Gasteiger partial charge in [0.05, 0.1) is 16.3 Å². The predicted octanol–water partition coefficient (Wildman–Crippen LogP) is 3.80. The number of aryl methyl sites for hydroxylation is 2. The quantitative estimate of drug-likeness (QED) is 0.671. The highest BCUT2D eigenvalue weighted by Crippen LogP contribution is 2.27. The highest BCUT2D eigenvalue weighted by Gasteiger charge is 2.15. The van der Waals surface area contributed by atoms with E-state index in [1.807, 2.05) is 19.9 Å². The second kappa shape index (κ2) is 7.44. The fourth-order valence-electron chi connectivity index (χ4n) is 2.00. The monoisotopic (exact) mass is 352 g/mol. The number of esters is 1. The van der Waals surface area contributed by atoms with Crippen LogP contribution in [0.4, 0.5) is 5.69 Å². The van der Waals surface area contributed by atoms with Gasteiger partial charge >= 0.3 is 5.97 Å². The van der Waals surface area contributed by atoms with Crippen molar-refractivity contribution in [1.29, 1.82) is 0 Å². The van der Waals surface area contributed by atoms with Crippen molar-refractivity contribution >= 4 is 40.8 Å². The Morgan fingerprint density at radius 2 is 2.00 bits per heavy atom. The van der Waals surface area contributed by atoms with Crippen LogP contribution in [0.1, 0.15) is 21.5 Å². The first-order valence-electron chi connectivity index (χ1n) is 6.72. The first kappa shape index (κ1) is 17.2. The minimum Gasteiger partial charge on any atom is -0.452 e. The standard InChI is InChI=1S/C16H14Cl2N2O3/c1-9-6-10(2)14(12(17)7-9)20-13(21)8-23-16(22)11-4-3-5-19-15(11)18/h3-7H,8H2,1-2H3,(H,20,21). The zero-order chi connectivity index (χ0) is 17.0. The lowest BCUT2D eigenvalue weighted by Gasteiger charge is -2.12. The summed E-state index contributed by atoms with van der Waals surface area (Å²) in [5, 5.41) is 3.08. The van der Waals surface area contributed by atoms with E-state index in [2.05, 4.69) is 10.3 Å². The molecule has 1 aromatic carbocycles.